The summed E-state index contributed by atoms with van der Waals surface area (Å²) in [7, 11) is 0. The topological polar surface area (TPSA) is 88.6 Å². The molecule has 1 aromatic rings. The normalized spacial score (nSPS) is 18.4. The molecule has 1 saturated heterocycles. The number of nitriles is 1. The van der Waals surface area contributed by atoms with Crippen molar-refractivity contribution < 1.29 is 14.3 Å². The van der Waals surface area contributed by atoms with Crippen molar-refractivity contribution in [2.75, 3.05) is 32.0 Å². The lowest BCUT2D eigenvalue weighted by Crippen LogP contribution is -2.45. The van der Waals surface area contributed by atoms with Crippen LogP contribution in [0.25, 0.3) is 0 Å². The van der Waals surface area contributed by atoms with Crippen LogP contribution < -0.4 is 10.5 Å². The van der Waals surface area contributed by atoms with Crippen LogP contribution in [-0.4, -0.2) is 43.2 Å². The summed E-state index contributed by atoms with van der Waals surface area (Å²) in [6.07, 6.45) is -0.255. The molecule has 0 radical (unpaired) electrons. The zero-order chi connectivity index (χ0) is 14.4. The number of rotatable bonds is 4. The van der Waals surface area contributed by atoms with E-state index in [1.54, 1.807) is 29.2 Å². The number of carbonyl (C=O) groups excluding carboxylic acids is 1. The highest BCUT2D eigenvalue weighted by Crippen LogP contribution is 2.15. The Kier molecular flexibility index (Phi) is 4.80. The molecule has 1 fully saturated rings. The van der Waals surface area contributed by atoms with Gasteiger partial charge < -0.3 is 20.1 Å². The van der Waals surface area contributed by atoms with Crippen LogP contribution in [0.4, 0.5) is 5.69 Å². The highest BCUT2D eigenvalue weighted by Gasteiger charge is 2.23. The SMILES string of the molecule is N#CC1CN(C(=O)CCOc2cccc(N)c2)CCO1. The number of nitrogen functional groups attached to an aromatic ring is 1. The maximum absolute atomic E-state index is 12.0. The van der Waals surface area contributed by atoms with Crippen molar-refractivity contribution in [1.82, 2.24) is 4.90 Å². The van der Waals surface area contributed by atoms with Crippen molar-refractivity contribution in [3.05, 3.63) is 24.3 Å². The molecule has 20 heavy (non-hydrogen) atoms. The molecule has 1 heterocycles. The summed E-state index contributed by atoms with van der Waals surface area (Å²) in [5.74, 6) is 0.618. The van der Waals surface area contributed by atoms with E-state index in [0.29, 0.717) is 31.1 Å². The molecule has 0 bridgehead atoms. The number of ether oxygens (including phenoxy) is 2. The largest absolute Gasteiger partial charge is 0.493 e. The van der Waals surface area contributed by atoms with Gasteiger partial charge in [0.2, 0.25) is 5.91 Å². The lowest BCUT2D eigenvalue weighted by atomic mass is 10.2. The monoisotopic (exact) mass is 275 g/mol. The zero-order valence-corrected chi connectivity index (χ0v) is 11.1. The average Bonchev–Trinajstić information content (AvgIpc) is 2.47. The number of amides is 1. The van der Waals surface area contributed by atoms with Crippen LogP contribution in [0.2, 0.25) is 0 Å². The highest BCUT2D eigenvalue weighted by molar-refractivity contribution is 5.76. The van der Waals surface area contributed by atoms with Crippen molar-refractivity contribution in [3.63, 3.8) is 0 Å². The van der Waals surface area contributed by atoms with Gasteiger partial charge in [0.05, 0.1) is 32.2 Å². The second kappa shape index (κ2) is 6.78. The highest BCUT2D eigenvalue weighted by atomic mass is 16.5. The first-order chi connectivity index (χ1) is 9.69. The van der Waals surface area contributed by atoms with Gasteiger partial charge in [-0.1, -0.05) is 6.07 Å². The molecule has 1 aliphatic heterocycles. The van der Waals surface area contributed by atoms with Gasteiger partial charge in [-0.15, -0.1) is 0 Å². The van der Waals surface area contributed by atoms with Crippen molar-refractivity contribution in [2.24, 2.45) is 0 Å². The molecule has 1 amide bonds. The molecule has 106 valence electrons. The first-order valence-electron chi connectivity index (χ1n) is 6.46. The van der Waals surface area contributed by atoms with E-state index in [1.165, 1.54) is 0 Å². The van der Waals surface area contributed by atoms with Gasteiger partial charge in [0.25, 0.3) is 0 Å². The van der Waals surface area contributed by atoms with Gasteiger partial charge in [-0.3, -0.25) is 4.79 Å². The molecule has 0 spiro atoms. The summed E-state index contributed by atoms with van der Waals surface area (Å²) >= 11 is 0. The van der Waals surface area contributed by atoms with E-state index in [1.807, 2.05) is 6.07 Å². The maximum atomic E-state index is 12.0. The minimum atomic E-state index is -0.525. The Hall–Kier alpha value is -2.26. The fourth-order valence-corrected chi connectivity index (χ4v) is 1.97. The summed E-state index contributed by atoms with van der Waals surface area (Å²) in [6, 6.07) is 9.09. The van der Waals surface area contributed by atoms with Crippen LogP contribution in [0.3, 0.4) is 0 Å². The van der Waals surface area contributed by atoms with Gasteiger partial charge in [0, 0.05) is 18.3 Å². The molecular formula is C14H17N3O3. The molecule has 1 unspecified atom stereocenters. The third kappa shape index (κ3) is 3.87. The first-order valence-corrected chi connectivity index (χ1v) is 6.46. The number of anilines is 1. The van der Waals surface area contributed by atoms with Crippen LogP contribution in [0.15, 0.2) is 24.3 Å². The molecule has 6 heteroatoms. The summed E-state index contributed by atoms with van der Waals surface area (Å²) in [6.45, 7) is 1.54. The zero-order valence-electron chi connectivity index (χ0n) is 11.1. The lowest BCUT2D eigenvalue weighted by molar-refractivity contribution is -0.137. The minimum absolute atomic E-state index is 0.0301. The molecular weight excluding hydrogens is 258 g/mol. The Balaban J connectivity index is 1.76. The molecule has 0 aliphatic carbocycles. The Morgan fingerprint density at radius 1 is 1.60 bits per heavy atom. The third-order valence-corrected chi connectivity index (χ3v) is 3.01. The lowest BCUT2D eigenvalue weighted by Gasteiger charge is -2.29. The van der Waals surface area contributed by atoms with Gasteiger partial charge >= 0.3 is 0 Å². The number of carbonyl (C=O) groups is 1. The molecule has 1 aromatic carbocycles. The summed E-state index contributed by atoms with van der Waals surface area (Å²) in [5, 5.41) is 8.79. The fraction of sp³-hybridized carbons (Fsp3) is 0.429. The van der Waals surface area contributed by atoms with Crippen molar-refractivity contribution >= 4 is 11.6 Å². The van der Waals surface area contributed by atoms with Crippen LogP contribution >= 0.6 is 0 Å². The quantitative estimate of drug-likeness (QED) is 0.821. The van der Waals surface area contributed by atoms with Crippen LogP contribution in [0, 0.1) is 11.3 Å². The van der Waals surface area contributed by atoms with Crippen LogP contribution in [-0.2, 0) is 9.53 Å². The molecule has 0 aromatic heterocycles. The fourth-order valence-electron chi connectivity index (χ4n) is 1.97. The summed E-state index contributed by atoms with van der Waals surface area (Å²) < 4.78 is 10.7. The Labute approximate surface area is 117 Å². The number of nitrogens with two attached hydrogens (primary N) is 1. The summed E-state index contributed by atoms with van der Waals surface area (Å²) in [4.78, 5) is 13.6. The number of nitrogens with zero attached hydrogens (tertiary/aromatic N) is 2. The van der Waals surface area contributed by atoms with Gasteiger partial charge in [-0.2, -0.15) is 5.26 Å². The van der Waals surface area contributed by atoms with Gasteiger partial charge in [-0.25, -0.2) is 0 Å². The number of morpholine rings is 1. The first kappa shape index (κ1) is 14.2. The van der Waals surface area contributed by atoms with Crippen molar-refractivity contribution in [1.29, 1.82) is 5.26 Å². The molecule has 1 aliphatic rings. The second-order valence-electron chi connectivity index (χ2n) is 4.50. The second-order valence-corrected chi connectivity index (χ2v) is 4.50. The van der Waals surface area contributed by atoms with E-state index in [0.717, 1.165) is 0 Å². The Bertz CT molecular complexity index is 513. The van der Waals surface area contributed by atoms with Gasteiger partial charge in [0.1, 0.15) is 5.75 Å². The number of benzene rings is 1. The number of hydrogen-bond acceptors (Lipinski definition) is 5. The molecule has 2 N–H and O–H groups in total. The Morgan fingerprint density at radius 2 is 2.45 bits per heavy atom. The van der Waals surface area contributed by atoms with E-state index in [9.17, 15) is 4.79 Å². The maximum Gasteiger partial charge on any atom is 0.226 e. The van der Waals surface area contributed by atoms with Crippen LogP contribution in [0.1, 0.15) is 6.42 Å². The van der Waals surface area contributed by atoms with E-state index in [4.69, 9.17) is 20.5 Å². The van der Waals surface area contributed by atoms with Gasteiger partial charge in [-0.05, 0) is 12.1 Å². The molecule has 2 rings (SSSR count). The minimum Gasteiger partial charge on any atom is -0.493 e. The van der Waals surface area contributed by atoms with E-state index < -0.39 is 6.10 Å². The molecule has 1 atom stereocenters. The third-order valence-electron chi connectivity index (χ3n) is 3.01. The average molecular weight is 275 g/mol. The van der Waals surface area contributed by atoms with E-state index in [-0.39, 0.29) is 18.9 Å². The predicted octanol–water partition coefficient (Wildman–Crippen LogP) is 0.789. The van der Waals surface area contributed by atoms with Crippen molar-refractivity contribution in [3.8, 4) is 11.8 Å². The van der Waals surface area contributed by atoms with Crippen LogP contribution in [0.5, 0.6) is 5.75 Å². The standard InChI is InChI=1S/C14H17N3O3/c15-9-13-10-17(5-7-20-13)14(18)4-6-19-12-3-1-2-11(16)8-12/h1-3,8,13H,4-7,10,16H2. The summed E-state index contributed by atoms with van der Waals surface area (Å²) in [5.41, 5.74) is 6.26. The smallest absolute Gasteiger partial charge is 0.226 e. The number of hydrogen-bond donors (Lipinski definition) is 1. The van der Waals surface area contributed by atoms with E-state index in [2.05, 4.69) is 0 Å². The molecule has 0 saturated carbocycles. The van der Waals surface area contributed by atoms with Crippen molar-refractivity contribution in [2.45, 2.75) is 12.5 Å². The Morgan fingerprint density at radius 3 is 3.20 bits per heavy atom. The van der Waals surface area contributed by atoms with E-state index >= 15 is 0 Å². The molecule has 6 nitrogen and oxygen atoms in total. The predicted molar refractivity (Wildman–Crippen MR) is 72.9 cm³/mol. The van der Waals surface area contributed by atoms with Gasteiger partial charge in [0.15, 0.2) is 6.10 Å².